The van der Waals surface area contributed by atoms with Crippen molar-refractivity contribution in [3.8, 4) is 5.75 Å². The minimum absolute atomic E-state index is 0.00379. The van der Waals surface area contributed by atoms with Crippen molar-refractivity contribution in [1.82, 2.24) is 5.32 Å². The van der Waals surface area contributed by atoms with Gasteiger partial charge in [-0.2, -0.15) is 0 Å². The summed E-state index contributed by atoms with van der Waals surface area (Å²) in [7, 11) is 0. The molecule has 0 radical (unpaired) electrons. The van der Waals surface area contributed by atoms with Gasteiger partial charge >= 0.3 is 0 Å². The Bertz CT molecular complexity index is 907. The molecular formula is C24H27NO3S. The number of hydrogen-bond donors (Lipinski definition) is 2. The van der Waals surface area contributed by atoms with E-state index in [-0.39, 0.29) is 23.8 Å². The normalized spacial score (nSPS) is 12.4. The Morgan fingerprint density at radius 2 is 1.90 bits per heavy atom. The molecule has 2 aromatic carbocycles. The van der Waals surface area contributed by atoms with Crippen molar-refractivity contribution in [2.24, 2.45) is 5.41 Å². The van der Waals surface area contributed by atoms with Crippen molar-refractivity contribution in [2.45, 2.75) is 26.4 Å². The zero-order chi connectivity index (χ0) is 20.7. The lowest BCUT2D eigenvalue weighted by atomic mass is 9.75. The predicted molar refractivity (Wildman–Crippen MR) is 117 cm³/mol. The second kappa shape index (κ2) is 9.72. The van der Waals surface area contributed by atoms with Gasteiger partial charge in [-0.15, -0.1) is 11.3 Å². The molecule has 0 bridgehead atoms. The van der Waals surface area contributed by atoms with Crippen molar-refractivity contribution < 1.29 is 14.6 Å². The van der Waals surface area contributed by atoms with Crippen LogP contribution in [0.3, 0.4) is 0 Å². The van der Waals surface area contributed by atoms with E-state index in [1.165, 1.54) is 0 Å². The molecule has 0 aliphatic heterocycles. The summed E-state index contributed by atoms with van der Waals surface area (Å²) in [6.07, 6.45) is 0. The van der Waals surface area contributed by atoms with Crippen molar-refractivity contribution in [3.63, 3.8) is 0 Å². The number of aliphatic hydroxyl groups is 1. The molecule has 0 aliphatic carbocycles. The number of thiophene rings is 1. The van der Waals surface area contributed by atoms with E-state index in [9.17, 15) is 9.90 Å². The highest BCUT2D eigenvalue weighted by Gasteiger charge is 2.30. The molecular weight excluding hydrogens is 382 g/mol. The first-order valence-electron chi connectivity index (χ1n) is 9.69. The van der Waals surface area contributed by atoms with Crippen LogP contribution in [0.2, 0.25) is 0 Å². The van der Waals surface area contributed by atoms with Crippen LogP contribution in [-0.4, -0.2) is 24.2 Å². The van der Waals surface area contributed by atoms with Gasteiger partial charge in [-0.3, -0.25) is 4.79 Å². The van der Waals surface area contributed by atoms with Crippen molar-refractivity contribution in [1.29, 1.82) is 0 Å². The van der Waals surface area contributed by atoms with E-state index in [1.54, 1.807) is 23.5 Å². The Morgan fingerprint density at radius 1 is 1.10 bits per heavy atom. The van der Waals surface area contributed by atoms with Gasteiger partial charge in [0.05, 0.1) is 0 Å². The number of nitrogens with one attached hydrogen (secondary N) is 1. The van der Waals surface area contributed by atoms with Crippen molar-refractivity contribution >= 4 is 17.2 Å². The summed E-state index contributed by atoms with van der Waals surface area (Å²) >= 11 is 1.64. The van der Waals surface area contributed by atoms with Crippen LogP contribution in [0.15, 0.2) is 72.1 Å². The lowest BCUT2D eigenvalue weighted by Crippen LogP contribution is -2.36. The predicted octanol–water partition coefficient (Wildman–Crippen LogP) is 4.86. The van der Waals surface area contributed by atoms with Gasteiger partial charge in [0.25, 0.3) is 5.91 Å². The SMILES string of the molecule is CC(C)(CO)C(CNC(=O)c1cccc(OCc2cccs2)c1)c1ccccc1. The molecule has 0 saturated carbocycles. The highest BCUT2D eigenvalue weighted by molar-refractivity contribution is 7.09. The Labute approximate surface area is 176 Å². The van der Waals surface area contributed by atoms with E-state index in [4.69, 9.17) is 4.74 Å². The monoisotopic (exact) mass is 409 g/mol. The molecule has 5 heteroatoms. The quantitative estimate of drug-likeness (QED) is 0.531. The van der Waals surface area contributed by atoms with Gasteiger partial charge in [0.2, 0.25) is 0 Å². The van der Waals surface area contributed by atoms with Crippen LogP contribution in [0.1, 0.15) is 40.6 Å². The van der Waals surface area contributed by atoms with Crippen LogP contribution in [0.25, 0.3) is 0 Å². The standard InChI is InChI=1S/C24H27NO3S/c1-24(2,17-26)22(18-8-4-3-5-9-18)15-25-23(27)19-10-6-11-20(14-19)28-16-21-12-7-13-29-21/h3-14,22,26H,15-17H2,1-2H3,(H,25,27). The minimum atomic E-state index is -0.361. The minimum Gasteiger partial charge on any atom is -0.488 e. The van der Waals surface area contributed by atoms with E-state index in [0.29, 0.717) is 24.5 Å². The van der Waals surface area contributed by atoms with Crippen molar-refractivity contribution in [2.75, 3.05) is 13.2 Å². The van der Waals surface area contributed by atoms with Crippen LogP contribution >= 0.6 is 11.3 Å². The van der Waals surface area contributed by atoms with Crippen molar-refractivity contribution in [3.05, 3.63) is 88.1 Å². The van der Waals surface area contributed by atoms with E-state index >= 15 is 0 Å². The summed E-state index contributed by atoms with van der Waals surface area (Å²) in [6, 6.07) is 21.2. The highest BCUT2D eigenvalue weighted by atomic mass is 32.1. The fourth-order valence-corrected chi connectivity index (χ4v) is 3.83. The molecule has 3 aromatic rings. The number of carbonyl (C=O) groups excluding carboxylic acids is 1. The molecule has 152 valence electrons. The molecule has 1 unspecified atom stereocenters. The fraction of sp³-hybridized carbons (Fsp3) is 0.292. The van der Waals surface area contributed by atoms with Gasteiger partial charge in [-0.25, -0.2) is 0 Å². The van der Waals surface area contributed by atoms with Gasteiger partial charge in [0.15, 0.2) is 0 Å². The van der Waals surface area contributed by atoms with Gasteiger partial charge in [-0.05, 0) is 40.6 Å². The molecule has 1 heterocycles. The largest absolute Gasteiger partial charge is 0.488 e. The first-order chi connectivity index (χ1) is 14.0. The molecule has 1 amide bonds. The van der Waals surface area contributed by atoms with Gasteiger partial charge in [0.1, 0.15) is 12.4 Å². The Hall–Kier alpha value is -2.63. The van der Waals surface area contributed by atoms with Crippen LogP contribution in [0, 0.1) is 5.41 Å². The third kappa shape index (κ3) is 5.68. The molecule has 3 rings (SSSR count). The molecule has 0 spiro atoms. The third-order valence-corrected chi connectivity index (χ3v) is 5.93. The molecule has 0 aliphatic rings. The average molecular weight is 410 g/mol. The highest BCUT2D eigenvalue weighted by Crippen LogP contribution is 2.34. The Morgan fingerprint density at radius 3 is 2.59 bits per heavy atom. The van der Waals surface area contributed by atoms with E-state index < -0.39 is 0 Å². The maximum absolute atomic E-state index is 12.8. The van der Waals surface area contributed by atoms with Gasteiger partial charge in [-0.1, -0.05) is 56.3 Å². The van der Waals surface area contributed by atoms with Crippen LogP contribution < -0.4 is 10.1 Å². The Balaban J connectivity index is 1.66. The topological polar surface area (TPSA) is 58.6 Å². The van der Waals surface area contributed by atoms with Crippen LogP contribution in [0.4, 0.5) is 0 Å². The van der Waals surface area contributed by atoms with E-state index in [0.717, 1.165) is 10.4 Å². The summed E-state index contributed by atoms with van der Waals surface area (Å²) in [4.78, 5) is 13.9. The van der Waals surface area contributed by atoms with Crippen LogP contribution in [0.5, 0.6) is 5.75 Å². The van der Waals surface area contributed by atoms with E-state index in [1.807, 2.05) is 73.8 Å². The maximum atomic E-state index is 12.8. The zero-order valence-electron chi connectivity index (χ0n) is 16.8. The molecule has 2 N–H and O–H groups in total. The fourth-order valence-electron chi connectivity index (χ4n) is 3.21. The zero-order valence-corrected chi connectivity index (χ0v) is 17.6. The maximum Gasteiger partial charge on any atom is 0.251 e. The molecule has 1 aromatic heterocycles. The number of benzene rings is 2. The first-order valence-corrected chi connectivity index (χ1v) is 10.6. The number of ether oxygens (including phenoxy) is 1. The van der Waals surface area contributed by atoms with Gasteiger partial charge < -0.3 is 15.2 Å². The van der Waals surface area contributed by atoms with E-state index in [2.05, 4.69) is 5.32 Å². The summed E-state index contributed by atoms with van der Waals surface area (Å²) in [5.74, 6) is 0.513. The summed E-state index contributed by atoms with van der Waals surface area (Å²) < 4.78 is 5.81. The first kappa shape index (κ1) is 21.1. The number of aliphatic hydroxyl groups excluding tert-OH is 1. The number of amides is 1. The molecule has 29 heavy (non-hydrogen) atoms. The van der Waals surface area contributed by atoms with Crippen LogP contribution in [-0.2, 0) is 6.61 Å². The average Bonchev–Trinajstić information content (AvgIpc) is 3.27. The summed E-state index contributed by atoms with van der Waals surface area (Å²) in [5.41, 5.74) is 1.29. The smallest absolute Gasteiger partial charge is 0.251 e. The lowest BCUT2D eigenvalue weighted by molar-refractivity contribution is 0.0919. The number of rotatable bonds is 9. The second-order valence-corrected chi connectivity index (χ2v) is 8.75. The molecule has 4 nitrogen and oxygen atoms in total. The molecule has 1 atom stereocenters. The lowest BCUT2D eigenvalue weighted by Gasteiger charge is -2.33. The number of carbonyl (C=O) groups is 1. The van der Waals surface area contributed by atoms with Gasteiger partial charge in [0, 0.05) is 29.5 Å². The number of hydrogen-bond acceptors (Lipinski definition) is 4. The Kier molecular flexibility index (Phi) is 7.07. The summed E-state index contributed by atoms with van der Waals surface area (Å²) in [6.45, 7) is 4.99. The third-order valence-electron chi connectivity index (χ3n) is 5.08. The second-order valence-electron chi connectivity index (χ2n) is 7.72. The summed E-state index contributed by atoms with van der Waals surface area (Å²) in [5, 5.41) is 14.9. The molecule has 0 fully saturated rings. The molecule has 0 saturated heterocycles.